The largest absolute Gasteiger partial charge is 0.463 e. The van der Waals surface area contributed by atoms with Gasteiger partial charge < -0.3 is 9.47 Å². The molecule has 0 aliphatic heterocycles. The molecule has 0 rings (SSSR count). The number of rotatable bonds is 5. The molecule has 0 fully saturated rings. The average molecular weight is 202 g/mol. The lowest BCUT2D eigenvalue weighted by Gasteiger charge is -2.22. The summed E-state index contributed by atoms with van der Waals surface area (Å²) in [6, 6.07) is 0. The van der Waals surface area contributed by atoms with Crippen molar-refractivity contribution in [3.63, 3.8) is 0 Å². The van der Waals surface area contributed by atoms with Crippen molar-refractivity contribution in [1.29, 1.82) is 0 Å². The quantitative estimate of drug-likeness (QED) is 0.636. The molecular weight excluding hydrogens is 184 g/mol. The van der Waals surface area contributed by atoms with Crippen molar-refractivity contribution < 1.29 is 19.1 Å². The van der Waals surface area contributed by atoms with Crippen LogP contribution >= 0.6 is 0 Å². The normalized spacial score (nSPS) is 10.9. The first-order chi connectivity index (χ1) is 6.44. The summed E-state index contributed by atoms with van der Waals surface area (Å²) in [5.41, 5.74) is -1.18. The van der Waals surface area contributed by atoms with Crippen LogP contribution < -0.4 is 0 Å². The third-order valence-electron chi connectivity index (χ3n) is 1.59. The smallest absolute Gasteiger partial charge is 0.350 e. The van der Waals surface area contributed by atoms with E-state index in [1.54, 1.807) is 6.92 Å². The average Bonchev–Trinajstić information content (AvgIpc) is 2.13. The predicted octanol–water partition coefficient (Wildman–Crippen LogP) is 1.67. The van der Waals surface area contributed by atoms with Gasteiger partial charge in [-0.25, -0.2) is 4.79 Å². The Bertz CT molecular complexity index is 208. The van der Waals surface area contributed by atoms with Gasteiger partial charge in [-0.3, -0.25) is 4.79 Å². The van der Waals surface area contributed by atoms with Crippen LogP contribution in [0, 0.1) is 0 Å². The Morgan fingerprint density at radius 1 is 1.21 bits per heavy atom. The van der Waals surface area contributed by atoms with E-state index in [4.69, 9.17) is 9.47 Å². The fourth-order valence-electron chi connectivity index (χ4n) is 0.767. The molecule has 0 spiro atoms. The summed E-state index contributed by atoms with van der Waals surface area (Å²) in [5, 5.41) is 0. The molecule has 4 nitrogen and oxygen atoms in total. The highest BCUT2D eigenvalue weighted by Crippen LogP contribution is 2.12. The summed E-state index contributed by atoms with van der Waals surface area (Å²) in [5.74, 6) is -0.899. The van der Waals surface area contributed by atoms with Gasteiger partial charge in [-0.2, -0.15) is 0 Å². The molecule has 14 heavy (non-hydrogen) atoms. The van der Waals surface area contributed by atoms with Crippen molar-refractivity contribution in [1.82, 2.24) is 0 Å². The van der Waals surface area contributed by atoms with E-state index in [1.165, 1.54) is 13.8 Å². The van der Waals surface area contributed by atoms with E-state index in [1.807, 2.05) is 6.92 Å². The van der Waals surface area contributed by atoms with Gasteiger partial charge in [0.05, 0.1) is 6.61 Å². The standard InChI is InChI=1S/C10H18O4/c1-5-7-13-9(12)10(3,4)14-8(11)6-2/h5-7H2,1-4H3. The molecule has 0 unspecified atom stereocenters. The zero-order chi connectivity index (χ0) is 11.2. The van der Waals surface area contributed by atoms with Crippen LogP contribution in [0.25, 0.3) is 0 Å². The SMILES string of the molecule is CCCOC(=O)C(C)(C)OC(=O)CC. The predicted molar refractivity (Wildman–Crippen MR) is 51.7 cm³/mol. The van der Waals surface area contributed by atoms with Crippen molar-refractivity contribution in [2.75, 3.05) is 6.61 Å². The van der Waals surface area contributed by atoms with Gasteiger partial charge in [0.15, 0.2) is 0 Å². The van der Waals surface area contributed by atoms with Gasteiger partial charge in [-0.1, -0.05) is 13.8 Å². The van der Waals surface area contributed by atoms with Gasteiger partial charge in [0.1, 0.15) is 0 Å². The summed E-state index contributed by atoms with van der Waals surface area (Å²) >= 11 is 0. The van der Waals surface area contributed by atoms with Crippen LogP contribution in [-0.2, 0) is 19.1 Å². The number of hydrogen-bond donors (Lipinski definition) is 0. The van der Waals surface area contributed by atoms with Crippen molar-refractivity contribution in [2.24, 2.45) is 0 Å². The third kappa shape index (κ3) is 4.25. The van der Waals surface area contributed by atoms with E-state index in [0.717, 1.165) is 6.42 Å². The monoisotopic (exact) mass is 202 g/mol. The number of carbonyl (C=O) groups is 2. The lowest BCUT2D eigenvalue weighted by Crippen LogP contribution is -2.38. The van der Waals surface area contributed by atoms with E-state index >= 15 is 0 Å². The Morgan fingerprint density at radius 3 is 2.21 bits per heavy atom. The maximum atomic E-state index is 11.4. The molecule has 0 bridgehead atoms. The molecule has 0 saturated heterocycles. The molecule has 0 atom stereocenters. The van der Waals surface area contributed by atoms with E-state index in [9.17, 15) is 9.59 Å². The van der Waals surface area contributed by atoms with E-state index in [2.05, 4.69) is 0 Å². The third-order valence-corrected chi connectivity index (χ3v) is 1.59. The fraction of sp³-hybridized carbons (Fsp3) is 0.800. The van der Waals surface area contributed by atoms with E-state index in [-0.39, 0.29) is 6.42 Å². The maximum Gasteiger partial charge on any atom is 0.350 e. The lowest BCUT2D eigenvalue weighted by atomic mass is 10.1. The molecule has 0 aliphatic rings. The molecular formula is C10H18O4. The molecule has 0 N–H and O–H groups in total. The number of esters is 2. The zero-order valence-corrected chi connectivity index (χ0v) is 9.25. The lowest BCUT2D eigenvalue weighted by molar-refractivity contribution is -0.178. The first kappa shape index (κ1) is 12.9. The zero-order valence-electron chi connectivity index (χ0n) is 9.25. The van der Waals surface area contributed by atoms with Crippen LogP contribution in [0.15, 0.2) is 0 Å². The van der Waals surface area contributed by atoms with Crippen molar-refractivity contribution in [3.8, 4) is 0 Å². The summed E-state index contributed by atoms with van der Waals surface area (Å²) in [6.07, 6.45) is 1.01. The highest BCUT2D eigenvalue weighted by Gasteiger charge is 2.33. The van der Waals surface area contributed by atoms with Crippen LogP contribution in [0.4, 0.5) is 0 Å². The number of ether oxygens (including phenoxy) is 2. The van der Waals surface area contributed by atoms with Gasteiger partial charge in [-0.15, -0.1) is 0 Å². The van der Waals surface area contributed by atoms with Crippen molar-refractivity contribution in [3.05, 3.63) is 0 Å². The summed E-state index contributed by atoms with van der Waals surface area (Å²) in [6.45, 7) is 6.98. The summed E-state index contributed by atoms with van der Waals surface area (Å²) in [4.78, 5) is 22.4. The topological polar surface area (TPSA) is 52.6 Å². The van der Waals surface area contributed by atoms with E-state index < -0.39 is 17.5 Å². The Hall–Kier alpha value is -1.06. The molecule has 4 heteroatoms. The second-order valence-corrected chi connectivity index (χ2v) is 3.47. The van der Waals surface area contributed by atoms with Gasteiger partial charge in [0, 0.05) is 6.42 Å². The molecule has 0 radical (unpaired) electrons. The second-order valence-electron chi connectivity index (χ2n) is 3.47. The molecule has 0 aromatic carbocycles. The minimum absolute atomic E-state index is 0.254. The molecule has 82 valence electrons. The Morgan fingerprint density at radius 2 is 1.79 bits per heavy atom. The molecule has 0 heterocycles. The fourth-order valence-corrected chi connectivity index (χ4v) is 0.767. The summed E-state index contributed by atoms with van der Waals surface area (Å²) in [7, 11) is 0. The second kappa shape index (κ2) is 5.62. The molecule has 0 aliphatic carbocycles. The highest BCUT2D eigenvalue weighted by molar-refractivity contribution is 5.82. The first-order valence-corrected chi connectivity index (χ1v) is 4.83. The first-order valence-electron chi connectivity index (χ1n) is 4.83. The maximum absolute atomic E-state index is 11.4. The minimum Gasteiger partial charge on any atom is -0.463 e. The van der Waals surface area contributed by atoms with Crippen LogP contribution in [0.5, 0.6) is 0 Å². The molecule has 0 saturated carbocycles. The van der Waals surface area contributed by atoms with Gasteiger partial charge in [-0.05, 0) is 20.3 Å². The highest BCUT2D eigenvalue weighted by atomic mass is 16.6. The van der Waals surface area contributed by atoms with Gasteiger partial charge >= 0.3 is 11.9 Å². The van der Waals surface area contributed by atoms with Crippen LogP contribution in [-0.4, -0.2) is 24.1 Å². The van der Waals surface area contributed by atoms with E-state index in [0.29, 0.717) is 6.61 Å². The summed E-state index contributed by atoms with van der Waals surface area (Å²) < 4.78 is 9.82. The van der Waals surface area contributed by atoms with Gasteiger partial charge in [0.2, 0.25) is 5.60 Å². The van der Waals surface area contributed by atoms with Crippen LogP contribution in [0.2, 0.25) is 0 Å². The molecule has 0 aromatic heterocycles. The van der Waals surface area contributed by atoms with Crippen LogP contribution in [0.3, 0.4) is 0 Å². The molecule has 0 aromatic rings. The Balaban J connectivity index is 4.15. The number of carbonyl (C=O) groups excluding carboxylic acids is 2. The van der Waals surface area contributed by atoms with Gasteiger partial charge in [0.25, 0.3) is 0 Å². The van der Waals surface area contributed by atoms with Crippen molar-refractivity contribution >= 4 is 11.9 Å². The number of hydrogen-bond acceptors (Lipinski definition) is 4. The minimum atomic E-state index is -1.18. The Labute approximate surface area is 84.6 Å². The molecule has 0 amide bonds. The van der Waals surface area contributed by atoms with Crippen molar-refractivity contribution in [2.45, 2.75) is 46.1 Å². The van der Waals surface area contributed by atoms with Crippen LogP contribution in [0.1, 0.15) is 40.5 Å². The Kier molecular flexibility index (Phi) is 5.20.